The number of carbonyl (C=O) groups excluding carboxylic acids is 2. The zero-order valence-corrected chi connectivity index (χ0v) is 14.7. The maximum absolute atomic E-state index is 12.3. The summed E-state index contributed by atoms with van der Waals surface area (Å²) in [7, 11) is 0. The third kappa shape index (κ3) is 4.35. The molecule has 0 amide bonds. The molecule has 1 aliphatic rings. The van der Waals surface area contributed by atoms with E-state index in [9.17, 15) is 9.59 Å². The first-order valence-corrected chi connectivity index (χ1v) is 8.42. The van der Waals surface area contributed by atoms with Crippen LogP contribution in [-0.2, 0) is 29.4 Å². The molecule has 1 saturated heterocycles. The maximum Gasteiger partial charge on any atom is 0.345 e. The molecule has 1 aliphatic heterocycles. The Bertz CT molecular complexity index is 558. The lowest BCUT2D eigenvalue weighted by Crippen LogP contribution is -2.40. The molecule has 2 rings (SSSR count). The summed E-state index contributed by atoms with van der Waals surface area (Å²) in [5.41, 5.74) is -0.360. The van der Waals surface area contributed by atoms with Crippen LogP contribution in [-0.4, -0.2) is 31.8 Å². The van der Waals surface area contributed by atoms with Crippen LogP contribution in [0.2, 0.25) is 0 Å². The Morgan fingerprint density at radius 1 is 1.17 bits per heavy atom. The molecule has 0 unspecified atom stereocenters. The van der Waals surface area contributed by atoms with Crippen molar-refractivity contribution in [3.63, 3.8) is 0 Å². The third-order valence-electron chi connectivity index (χ3n) is 4.67. The fraction of sp³-hybridized carbons (Fsp3) is 0.579. The van der Waals surface area contributed by atoms with Crippen LogP contribution in [0.25, 0.3) is 0 Å². The number of hydrogen-bond donors (Lipinski definition) is 0. The summed E-state index contributed by atoms with van der Waals surface area (Å²) < 4.78 is 16.3. The predicted molar refractivity (Wildman–Crippen MR) is 89.3 cm³/mol. The third-order valence-corrected chi connectivity index (χ3v) is 4.67. The minimum Gasteiger partial charge on any atom is -0.453 e. The molecule has 1 fully saturated rings. The van der Waals surface area contributed by atoms with Crippen molar-refractivity contribution >= 4 is 11.9 Å². The van der Waals surface area contributed by atoms with Gasteiger partial charge in [0.05, 0.1) is 18.6 Å². The first-order valence-electron chi connectivity index (χ1n) is 8.42. The maximum atomic E-state index is 12.3. The Labute approximate surface area is 143 Å². The van der Waals surface area contributed by atoms with Gasteiger partial charge in [-0.15, -0.1) is 0 Å². The van der Waals surface area contributed by atoms with Gasteiger partial charge in [-0.2, -0.15) is 0 Å². The molecule has 1 heterocycles. The molecule has 1 aromatic carbocycles. The van der Waals surface area contributed by atoms with Gasteiger partial charge >= 0.3 is 11.9 Å². The van der Waals surface area contributed by atoms with E-state index in [4.69, 9.17) is 14.2 Å². The van der Waals surface area contributed by atoms with Crippen molar-refractivity contribution in [2.45, 2.75) is 45.6 Å². The SMILES string of the molecule is CCC(C)(C)C(=O)OCC(=O)OC1(c2ccccc2)CCOCC1. The second-order valence-electron chi connectivity index (χ2n) is 6.76. The zero-order chi connectivity index (χ0) is 17.6. The highest BCUT2D eigenvalue weighted by Crippen LogP contribution is 2.36. The highest BCUT2D eigenvalue weighted by molar-refractivity contribution is 5.80. The number of benzene rings is 1. The van der Waals surface area contributed by atoms with E-state index in [2.05, 4.69) is 0 Å². The van der Waals surface area contributed by atoms with Gasteiger partial charge in [0.15, 0.2) is 6.61 Å². The van der Waals surface area contributed by atoms with Gasteiger partial charge in [0.1, 0.15) is 5.60 Å². The van der Waals surface area contributed by atoms with Crippen molar-refractivity contribution in [3.05, 3.63) is 35.9 Å². The summed E-state index contributed by atoms with van der Waals surface area (Å²) in [6.45, 7) is 6.20. The van der Waals surface area contributed by atoms with Crippen LogP contribution in [0, 0.1) is 5.41 Å². The summed E-state index contributed by atoms with van der Waals surface area (Å²) in [6, 6.07) is 9.66. The molecule has 0 saturated carbocycles. The molecule has 0 atom stereocenters. The predicted octanol–water partition coefficient (Wildman–Crippen LogP) is 3.21. The summed E-state index contributed by atoms with van der Waals surface area (Å²) in [6.07, 6.45) is 1.83. The van der Waals surface area contributed by atoms with Crippen molar-refractivity contribution in [1.82, 2.24) is 0 Å². The lowest BCUT2D eigenvalue weighted by atomic mass is 9.86. The van der Waals surface area contributed by atoms with Crippen molar-refractivity contribution in [1.29, 1.82) is 0 Å². The first-order chi connectivity index (χ1) is 11.4. The normalized spacial score (nSPS) is 17.1. The van der Waals surface area contributed by atoms with E-state index in [0.29, 0.717) is 32.5 Å². The molecule has 5 nitrogen and oxygen atoms in total. The van der Waals surface area contributed by atoms with Gasteiger partial charge in [-0.3, -0.25) is 4.79 Å². The van der Waals surface area contributed by atoms with E-state index in [1.807, 2.05) is 37.3 Å². The molecule has 0 aliphatic carbocycles. The van der Waals surface area contributed by atoms with Gasteiger partial charge in [0.2, 0.25) is 0 Å². The smallest absolute Gasteiger partial charge is 0.345 e. The quantitative estimate of drug-likeness (QED) is 0.748. The van der Waals surface area contributed by atoms with E-state index in [0.717, 1.165) is 5.56 Å². The molecular formula is C19H26O5. The van der Waals surface area contributed by atoms with Crippen molar-refractivity contribution in [2.24, 2.45) is 5.41 Å². The van der Waals surface area contributed by atoms with Crippen LogP contribution >= 0.6 is 0 Å². The Morgan fingerprint density at radius 3 is 2.38 bits per heavy atom. The lowest BCUT2D eigenvalue weighted by molar-refractivity contribution is -0.182. The second kappa shape index (κ2) is 7.79. The van der Waals surface area contributed by atoms with Crippen molar-refractivity contribution in [2.75, 3.05) is 19.8 Å². The van der Waals surface area contributed by atoms with Crippen LogP contribution in [0.1, 0.15) is 45.6 Å². The van der Waals surface area contributed by atoms with E-state index in [-0.39, 0.29) is 12.6 Å². The largest absolute Gasteiger partial charge is 0.453 e. The van der Waals surface area contributed by atoms with Gasteiger partial charge in [0.25, 0.3) is 0 Å². The zero-order valence-electron chi connectivity index (χ0n) is 14.7. The molecule has 0 spiro atoms. The topological polar surface area (TPSA) is 61.8 Å². The average Bonchev–Trinajstić information content (AvgIpc) is 2.61. The average molecular weight is 334 g/mol. The van der Waals surface area contributed by atoms with E-state index < -0.39 is 17.0 Å². The fourth-order valence-electron chi connectivity index (χ4n) is 2.60. The Hall–Kier alpha value is -1.88. The minimum absolute atomic E-state index is 0.363. The molecule has 24 heavy (non-hydrogen) atoms. The van der Waals surface area contributed by atoms with Crippen LogP contribution in [0.15, 0.2) is 30.3 Å². The molecular weight excluding hydrogens is 308 g/mol. The Morgan fingerprint density at radius 2 is 1.79 bits per heavy atom. The molecule has 0 bridgehead atoms. The molecule has 0 N–H and O–H groups in total. The summed E-state index contributed by atoms with van der Waals surface area (Å²) in [5, 5.41) is 0. The number of rotatable bonds is 6. The fourth-order valence-corrected chi connectivity index (χ4v) is 2.60. The summed E-state index contributed by atoms with van der Waals surface area (Å²) in [4.78, 5) is 24.3. The van der Waals surface area contributed by atoms with Crippen LogP contribution < -0.4 is 0 Å². The van der Waals surface area contributed by atoms with E-state index >= 15 is 0 Å². The Balaban J connectivity index is 2.02. The number of ether oxygens (including phenoxy) is 3. The van der Waals surface area contributed by atoms with E-state index in [1.54, 1.807) is 13.8 Å². The number of hydrogen-bond acceptors (Lipinski definition) is 5. The van der Waals surface area contributed by atoms with Crippen molar-refractivity contribution in [3.8, 4) is 0 Å². The van der Waals surface area contributed by atoms with Gasteiger partial charge in [0, 0.05) is 12.8 Å². The monoisotopic (exact) mass is 334 g/mol. The van der Waals surface area contributed by atoms with Crippen LogP contribution in [0.5, 0.6) is 0 Å². The molecule has 0 aromatic heterocycles. The van der Waals surface area contributed by atoms with Gasteiger partial charge in [-0.1, -0.05) is 37.3 Å². The number of carbonyl (C=O) groups is 2. The highest BCUT2D eigenvalue weighted by Gasteiger charge is 2.38. The standard InChI is InChI=1S/C19H26O5/c1-4-18(2,3)17(21)23-14-16(20)24-19(10-12-22-13-11-19)15-8-6-5-7-9-15/h5-9H,4,10-14H2,1-3H3. The second-order valence-corrected chi connectivity index (χ2v) is 6.76. The van der Waals surface area contributed by atoms with Gasteiger partial charge in [-0.25, -0.2) is 4.79 Å². The number of esters is 2. The van der Waals surface area contributed by atoms with Crippen molar-refractivity contribution < 1.29 is 23.8 Å². The minimum atomic E-state index is -0.705. The van der Waals surface area contributed by atoms with Crippen LogP contribution in [0.3, 0.4) is 0 Å². The molecule has 0 radical (unpaired) electrons. The highest BCUT2D eigenvalue weighted by atomic mass is 16.6. The van der Waals surface area contributed by atoms with Crippen LogP contribution in [0.4, 0.5) is 0 Å². The van der Waals surface area contributed by atoms with Gasteiger partial charge in [-0.05, 0) is 25.8 Å². The van der Waals surface area contributed by atoms with E-state index in [1.165, 1.54) is 0 Å². The first kappa shape index (κ1) is 18.5. The van der Waals surface area contributed by atoms with Gasteiger partial charge < -0.3 is 14.2 Å². The molecule has 5 heteroatoms. The molecule has 1 aromatic rings. The lowest BCUT2D eigenvalue weighted by Gasteiger charge is -2.37. The summed E-state index contributed by atoms with van der Waals surface area (Å²) in [5.74, 6) is -0.913. The Kier molecular flexibility index (Phi) is 5.99. The summed E-state index contributed by atoms with van der Waals surface area (Å²) >= 11 is 0. The molecule has 132 valence electrons.